The predicted molar refractivity (Wildman–Crippen MR) is 83.9 cm³/mol. The van der Waals surface area contributed by atoms with E-state index in [1.807, 2.05) is 6.07 Å². The number of amides is 1. The number of pyridine rings is 1. The van der Waals surface area contributed by atoms with Gasteiger partial charge in [-0.3, -0.25) is 9.78 Å². The number of aryl methyl sites for hydroxylation is 2. The maximum atomic E-state index is 12.0. The van der Waals surface area contributed by atoms with E-state index in [1.54, 1.807) is 12.4 Å². The van der Waals surface area contributed by atoms with Crippen molar-refractivity contribution in [2.24, 2.45) is 0 Å². The van der Waals surface area contributed by atoms with Crippen LogP contribution in [0, 0.1) is 13.8 Å². The van der Waals surface area contributed by atoms with Gasteiger partial charge in [-0.1, -0.05) is 12.1 Å². The van der Waals surface area contributed by atoms with Gasteiger partial charge in [0.15, 0.2) is 0 Å². The molecule has 1 aliphatic rings. The van der Waals surface area contributed by atoms with E-state index >= 15 is 0 Å². The monoisotopic (exact) mass is 281 g/mol. The highest BCUT2D eigenvalue weighted by molar-refractivity contribution is 5.95. The number of carbonyl (C=O) groups excluding carboxylic acids is 1. The number of benzene rings is 1. The summed E-state index contributed by atoms with van der Waals surface area (Å²) in [5, 5.41) is 6.31. The van der Waals surface area contributed by atoms with Crippen LogP contribution in [0.5, 0.6) is 0 Å². The second kappa shape index (κ2) is 5.56. The molecule has 2 N–H and O–H groups in total. The zero-order valence-electron chi connectivity index (χ0n) is 12.3. The van der Waals surface area contributed by atoms with E-state index in [2.05, 4.69) is 47.7 Å². The molecule has 0 radical (unpaired) electrons. The van der Waals surface area contributed by atoms with Gasteiger partial charge in [-0.2, -0.15) is 0 Å². The molecule has 1 fully saturated rings. The van der Waals surface area contributed by atoms with Gasteiger partial charge >= 0.3 is 0 Å². The summed E-state index contributed by atoms with van der Waals surface area (Å²) < 4.78 is 0. The topological polar surface area (TPSA) is 54.0 Å². The Kier molecular flexibility index (Phi) is 3.60. The van der Waals surface area contributed by atoms with Crippen molar-refractivity contribution in [1.29, 1.82) is 0 Å². The van der Waals surface area contributed by atoms with Crippen LogP contribution < -0.4 is 10.6 Å². The Balaban J connectivity index is 1.79. The zero-order valence-corrected chi connectivity index (χ0v) is 12.3. The van der Waals surface area contributed by atoms with E-state index < -0.39 is 0 Å². The zero-order chi connectivity index (χ0) is 14.8. The summed E-state index contributed by atoms with van der Waals surface area (Å²) in [5.74, 6) is -0.0467. The van der Waals surface area contributed by atoms with Crippen molar-refractivity contribution in [3.05, 3.63) is 53.3 Å². The third-order valence-electron chi connectivity index (χ3n) is 3.59. The van der Waals surface area contributed by atoms with Gasteiger partial charge in [-0.15, -0.1) is 0 Å². The lowest BCUT2D eigenvalue weighted by Crippen LogP contribution is -2.25. The predicted octanol–water partition coefficient (Wildman–Crippen LogP) is 3.33. The standard InChI is InChI=1S/C17H19N3O/c1-11-3-4-12(2)16(7-11)19-15-8-13(9-18-10-15)17(21)20-14-5-6-14/h3-4,7-10,14,19H,5-6H2,1-2H3,(H,20,21). The molecule has 0 unspecified atom stereocenters. The van der Waals surface area contributed by atoms with E-state index in [0.29, 0.717) is 11.6 Å². The highest BCUT2D eigenvalue weighted by atomic mass is 16.1. The lowest BCUT2D eigenvalue weighted by atomic mass is 10.1. The third kappa shape index (κ3) is 3.40. The van der Waals surface area contributed by atoms with Gasteiger partial charge < -0.3 is 10.6 Å². The minimum atomic E-state index is -0.0467. The Morgan fingerprint density at radius 2 is 2.00 bits per heavy atom. The lowest BCUT2D eigenvalue weighted by Gasteiger charge is -2.11. The van der Waals surface area contributed by atoms with Crippen molar-refractivity contribution in [1.82, 2.24) is 10.3 Å². The molecule has 1 saturated carbocycles. The molecule has 4 heteroatoms. The van der Waals surface area contributed by atoms with Crippen LogP contribution in [-0.2, 0) is 0 Å². The first-order chi connectivity index (χ1) is 10.1. The number of rotatable bonds is 4. The van der Waals surface area contributed by atoms with Crippen LogP contribution in [0.25, 0.3) is 0 Å². The first-order valence-corrected chi connectivity index (χ1v) is 7.22. The minimum Gasteiger partial charge on any atom is -0.354 e. The van der Waals surface area contributed by atoms with Crippen LogP contribution in [0.15, 0.2) is 36.7 Å². The van der Waals surface area contributed by atoms with E-state index in [-0.39, 0.29) is 5.91 Å². The lowest BCUT2D eigenvalue weighted by molar-refractivity contribution is 0.0951. The van der Waals surface area contributed by atoms with Gasteiger partial charge in [0.05, 0.1) is 17.4 Å². The minimum absolute atomic E-state index is 0.0467. The Bertz CT molecular complexity index is 677. The molecule has 0 aliphatic heterocycles. The molecule has 1 aromatic carbocycles. The van der Waals surface area contributed by atoms with Crippen molar-refractivity contribution in [2.45, 2.75) is 32.7 Å². The number of nitrogens with zero attached hydrogens (tertiary/aromatic N) is 1. The molecule has 0 bridgehead atoms. The summed E-state index contributed by atoms with van der Waals surface area (Å²) in [5.41, 5.74) is 4.81. The summed E-state index contributed by atoms with van der Waals surface area (Å²) in [4.78, 5) is 16.2. The maximum Gasteiger partial charge on any atom is 0.253 e. The Morgan fingerprint density at radius 3 is 2.76 bits per heavy atom. The van der Waals surface area contributed by atoms with Crippen molar-refractivity contribution < 1.29 is 4.79 Å². The summed E-state index contributed by atoms with van der Waals surface area (Å²) in [7, 11) is 0. The fourth-order valence-electron chi connectivity index (χ4n) is 2.15. The van der Waals surface area contributed by atoms with Gasteiger partial charge in [0, 0.05) is 17.9 Å². The number of hydrogen-bond donors (Lipinski definition) is 2. The van der Waals surface area contributed by atoms with Gasteiger partial charge in [-0.05, 0) is 49.9 Å². The molecule has 3 rings (SSSR count). The fourth-order valence-corrected chi connectivity index (χ4v) is 2.15. The van der Waals surface area contributed by atoms with Crippen LogP contribution >= 0.6 is 0 Å². The van der Waals surface area contributed by atoms with Gasteiger partial charge in [0.2, 0.25) is 0 Å². The van der Waals surface area contributed by atoms with Crippen LogP contribution in [0.4, 0.5) is 11.4 Å². The van der Waals surface area contributed by atoms with Crippen molar-refractivity contribution >= 4 is 17.3 Å². The average molecular weight is 281 g/mol. The molecular formula is C17H19N3O. The second-order valence-corrected chi connectivity index (χ2v) is 5.65. The maximum absolute atomic E-state index is 12.0. The second-order valence-electron chi connectivity index (χ2n) is 5.65. The Labute approximate surface area is 124 Å². The molecule has 1 aliphatic carbocycles. The average Bonchev–Trinajstić information content (AvgIpc) is 3.27. The van der Waals surface area contributed by atoms with Crippen LogP contribution in [0.3, 0.4) is 0 Å². The summed E-state index contributed by atoms with van der Waals surface area (Å²) in [6.07, 6.45) is 5.50. The number of aromatic nitrogens is 1. The van der Waals surface area contributed by atoms with E-state index in [1.165, 1.54) is 5.56 Å². The number of anilines is 2. The highest BCUT2D eigenvalue weighted by Gasteiger charge is 2.23. The summed E-state index contributed by atoms with van der Waals surface area (Å²) in [6.45, 7) is 4.11. The molecule has 1 heterocycles. The summed E-state index contributed by atoms with van der Waals surface area (Å²) >= 11 is 0. The van der Waals surface area contributed by atoms with E-state index in [9.17, 15) is 4.79 Å². The van der Waals surface area contributed by atoms with E-state index in [0.717, 1.165) is 29.8 Å². The molecule has 21 heavy (non-hydrogen) atoms. The van der Waals surface area contributed by atoms with Crippen molar-refractivity contribution in [3.63, 3.8) is 0 Å². The van der Waals surface area contributed by atoms with E-state index in [4.69, 9.17) is 0 Å². The van der Waals surface area contributed by atoms with Crippen LogP contribution in [-0.4, -0.2) is 16.9 Å². The molecule has 0 atom stereocenters. The molecule has 1 aromatic heterocycles. The van der Waals surface area contributed by atoms with Crippen molar-refractivity contribution in [2.75, 3.05) is 5.32 Å². The van der Waals surface area contributed by atoms with Gasteiger partial charge in [-0.25, -0.2) is 0 Å². The number of carbonyl (C=O) groups is 1. The van der Waals surface area contributed by atoms with Gasteiger partial charge in [0.1, 0.15) is 0 Å². The first-order valence-electron chi connectivity index (χ1n) is 7.22. The molecule has 0 saturated heterocycles. The summed E-state index contributed by atoms with van der Waals surface area (Å²) in [6, 6.07) is 8.44. The third-order valence-corrected chi connectivity index (χ3v) is 3.59. The molecule has 1 amide bonds. The Hall–Kier alpha value is -2.36. The molecule has 108 valence electrons. The SMILES string of the molecule is Cc1ccc(C)c(Nc2cncc(C(=O)NC3CC3)c2)c1. The first kappa shape index (κ1) is 13.6. The van der Waals surface area contributed by atoms with Crippen molar-refractivity contribution in [3.8, 4) is 0 Å². The smallest absolute Gasteiger partial charge is 0.253 e. The quantitative estimate of drug-likeness (QED) is 0.903. The molecule has 4 nitrogen and oxygen atoms in total. The molecule has 0 spiro atoms. The number of nitrogens with one attached hydrogen (secondary N) is 2. The van der Waals surface area contributed by atoms with Crippen LogP contribution in [0.2, 0.25) is 0 Å². The normalized spacial score (nSPS) is 13.8. The fraction of sp³-hybridized carbons (Fsp3) is 0.294. The van der Waals surface area contributed by atoms with Crippen LogP contribution in [0.1, 0.15) is 34.3 Å². The number of hydrogen-bond acceptors (Lipinski definition) is 3. The molecule has 2 aromatic rings. The highest BCUT2D eigenvalue weighted by Crippen LogP contribution is 2.23. The Morgan fingerprint density at radius 1 is 1.19 bits per heavy atom. The largest absolute Gasteiger partial charge is 0.354 e. The molecular weight excluding hydrogens is 262 g/mol. The van der Waals surface area contributed by atoms with Gasteiger partial charge in [0.25, 0.3) is 5.91 Å².